The van der Waals surface area contributed by atoms with Crippen LogP contribution in [0.3, 0.4) is 0 Å². The summed E-state index contributed by atoms with van der Waals surface area (Å²) in [7, 11) is -5.86. The van der Waals surface area contributed by atoms with Gasteiger partial charge in [0.05, 0.1) is 17.2 Å². The van der Waals surface area contributed by atoms with E-state index in [1.807, 2.05) is 0 Å². The van der Waals surface area contributed by atoms with Crippen molar-refractivity contribution < 1.29 is 21.9 Å². The summed E-state index contributed by atoms with van der Waals surface area (Å²) in [5.74, 6) is 0. The van der Waals surface area contributed by atoms with Crippen LogP contribution < -0.4 is 5.32 Å². The largest absolute Gasteiger partial charge is 0.395 e. The van der Waals surface area contributed by atoms with Gasteiger partial charge >= 0.3 is 0 Å². The van der Waals surface area contributed by atoms with Gasteiger partial charge in [0.15, 0.2) is 9.84 Å². The molecule has 0 spiro atoms. The lowest BCUT2D eigenvalue weighted by Gasteiger charge is -2.21. The van der Waals surface area contributed by atoms with E-state index < -0.39 is 19.9 Å². The lowest BCUT2D eigenvalue weighted by atomic mass is 10.3. The zero-order valence-corrected chi connectivity index (χ0v) is 13.8. The van der Waals surface area contributed by atoms with Crippen LogP contribution in [0.1, 0.15) is 6.92 Å². The van der Waals surface area contributed by atoms with E-state index in [2.05, 4.69) is 5.32 Å². The molecule has 1 aromatic rings. The van der Waals surface area contributed by atoms with E-state index in [1.54, 1.807) is 14.0 Å². The van der Waals surface area contributed by atoms with Crippen LogP contribution in [0.25, 0.3) is 0 Å². The van der Waals surface area contributed by atoms with Gasteiger partial charge in [0.1, 0.15) is 4.90 Å². The Balaban J connectivity index is 3.52. The maximum Gasteiger partial charge on any atom is 0.245 e. The number of aliphatic hydroxyl groups is 1. The highest BCUT2D eigenvalue weighted by Gasteiger charge is 2.26. The maximum atomic E-state index is 12.6. The molecule has 0 saturated heterocycles. The van der Waals surface area contributed by atoms with Crippen LogP contribution in [0, 0.1) is 0 Å². The van der Waals surface area contributed by atoms with Crippen molar-refractivity contribution in [3.8, 4) is 0 Å². The molecule has 0 atom stereocenters. The van der Waals surface area contributed by atoms with Gasteiger partial charge in [-0.1, -0.05) is 6.92 Å². The van der Waals surface area contributed by atoms with Gasteiger partial charge in [-0.25, -0.2) is 16.8 Å². The summed E-state index contributed by atoms with van der Waals surface area (Å²) in [6, 6.07) is 3.90. The van der Waals surface area contributed by atoms with Gasteiger partial charge < -0.3 is 10.4 Å². The van der Waals surface area contributed by atoms with Crippen molar-refractivity contribution in [3.63, 3.8) is 0 Å². The number of anilines is 1. The molecule has 0 aromatic heterocycles. The van der Waals surface area contributed by atoms with Gasteiger partial charge in [0.25, 0.3) is 0 Å². The van der Waals surface area contributed by atoms with Gasteiger partial charge in [-0.2, -0.15) is 4.31 Å². The molecule has 0 heterocycles. The predicted molar refractivity (Wildman–Crippen MR) is 80.6 cm³/mol. The Bertz CT molecular complexity index is 698. The molecule has 0 aliphatic carbocycles. The highest BCUT2D eigenvalue weighted by molar-refractivity contribution is 7.91. The number of aliphatic hydroxyl groups excluding tert-OH is 1. The minimum atomic E-state index is -3.89. The van der Waals surface area contributed by atoms with Gasteiger partial charge in [-0.3, -0.25) is 0 Å². The summed E-state index contributed by atoms with van der Waals surface area (Å²) in [5, 5.41) is 11.7. The summed E-state index contributed by atoms with van der Waals surface area (Å²) in [6.07, 6.45) is 1.02. The summed E-state index contributed by atoms with van der Waals surface area (Å²) in [5.41, 5.74) is 0.304. The molecule has 0 amide bonds. The van der Waals surface area contributed by atoms with Crippen LogP contribution >= 0.6 is 0 Å². The molecule has 120 valence electrons. The summed E-state index contributed by atoms with van der Waals surface area (Å²) >= 11 is 0. The van der Waals surface area contributed by atoms with Crippen LogP contribution in [0.5, 0.6) is 0 Å². The number of rotatable bonds is 7. The number of sulfone groups is 1. The van der Waals surface area contributed by atoms with E-state index >= 15 is 0 Å². The summed E-state index contributed by atoms with van der Waals surface area (Å²) in [4.78, 5) is -0.191. The van der Waals surface area contributed by atoms with Crippen molar-refractivity contribution in [3.05, 3.63) is 18.2 Å². The Hall–Kier alpha value is -1.16. The number of benzene rings is 1. The number of nitrogens with zero attached hydrogens (tertiary/aromatic N) is 1. The van der Waals surface area contributed by atoms with Crippen molar-refractivity contribution in [2.75, 3.05) is 38.3 Å². The standard InChI is InChI=1S/C12H20N2O5S2/c1-4-14(7-8-15)21(18,19)12-9-10(20(3,16)17)5-6-11(12)13-2/h5-6,9,13,15H,4,7-8H2,1-3H3. The molecule has 0 fully saturated rings. The van der Waals surface area contributed by atoms with Crippen molar-refractivity contribution in [2.45, 2.75) is 16.7 Å². The van der Waals surface area contributed by atoms with E-state index in [4.69, 9.17) is 5.11 Å². The number of sulfonamides is 1. The van der Waals surface area contributed by atoms with Crippen molar-refractivity contribution in [2.24, 2.45) is 0 Å². The molecule has 0 radical (unpaired) electrons. The molecular weight excluding hydrogens is 316 g/mol. The second-order valence-corrected chi connectivity index (χ2v) is 8.32. The average Bonchev–Trinajstić information content (AvgIpc) is 2.42. The second kappa shape index (κ2) is 6.73. The Labute approximate surface area is 125 Å². The Kier molecular flexibility index (Phi) is 5.74. The molecule has 0 saturated carbocycles. The molecular formula is C12H20N2O5S2. The van der Waals surface area contributed by atoms with Crippen LogP contribution in [-0.4, -0.2) is 59.2 Å². The fourth-order valence-electron chi connectivity index (χ4n) is 1.85. The molecule has 1 aromatic carbocycles. The van der Waals surface area contributed by atoms with Gasteiger partial charge in [-0.05, 0) is 18.2 Å². The van der Waals surface area contributed by atoms with Gasteiger partial charge in [0, 0.05) is 26.4 Å². The minimum Gasteiger partial charge on any atom is -0.395 e. The normalized spacial score (nSPS) is 12.6. The number of hydrogen-bond acceptors (Lipinski definition) is 6. The first kappa shape index (κ1) is 17.9. The average molecular weight is 336 g/mol. The van der Waals surface area contributed by atoms with Crippen molar-refractivity contribution in [1.82, 2.24) is 4.31 Å². The summed E-state index contributed by atoms with van der Waals surface area (Å²) in [6.45, 7) is 1.46. The van der Waals surface area contributed by atoms with Crippen LogP contribution in [0.15, 0.2) is 28.0 Å². The highest BCUT2D eigenvalue weighted by atomic mass is 32.2. The number of nitrogens with one attached hydrogen (secondary N) is 1. The maximum absolute atomic E-state index is 12.6. The molecule has 0 bridgehead atoms. The van der Waals surface area contributed by atoms with Crippen molar-refractivity contribution in [1.29, 1.82) is 0 Å². The Morgan fingerprint density at radius 3 is 2.29 bits per heavy atom. The van der Waals surface area contributed by atoms with E-state index in [0.717, 1.165) is 16.6 Å². The van der Waals surface area contributed by atoms with Gasteiger partial charge in [0.2, 0.25) is 10.0 Å². The quantitative estimate of drug-likeness (QED) is 0.734. The molecule has 9 heteroatoms. The molecule has 0 aliphatic rings. The van der Waals surface area contributed by atoms with E-state index in [0.29, 0.717) is 5.69 Å². The third-order valence-corrected chi connectivity index (χ3v) is 6.09. The second-order valence-electron chi connectivity index (χ2n) is 4.40. The topological polar surface area (TPSA) is 104 Å². The summed E-state index contributed by atoms with van der Waals surface area (Å²) < 4.78 is 49.5. The van der Waals surface area contributed by atoms with E-state index in [1.165, 1.54) is 12.1 Å². The first-order valence-corrected chi connectivity index (χ1v) is 9.64. The van der Waals surface area contributed by atoms with Crippen molar-refractivity contribution >= 4 is 25.5 Å². The zero-order chi connectivity index (χ0) is 16.3. The van der Waals surface area contributed by atoms with Crippen LogP contribution in [-0.2, 0) is 19.9 Å². The third kappa shape index (κ3) is 3.94. The SMILES string of the molecule is CCN(CCO)S(=O)(=O)c1cc(S(C)(=O)=O)ccc1NC. The molecule has 7 nitrogen and oxygen atoms in total. The fraction of sp³-hybridized carbons (Fsp3) is 0.500. The monoisotopic (exact) mass is 336 g/mol. The molecule has 2 N–H and O–H groups in total. The van der Waals surface area contributed by atoms with Crippen LogP contribution in [0.2, 0.25) is 0 Å². The molecule has 21 heavy (non-hydrogen) atoms. The lowest BCUT2D eigenvalue weighted by molar-refractivity contribution is 0.257. The van der Waals surface area contributed by atoms with Gasteiger partial charge in [-0.15, -0.1) is 0 Å². The highest BCUT2D eigenvalue weighted by Crippen LogP contribution is 2.27. The van der Waals surface area contributed by atoms with Crippen LogP contribution in [0.4, 0.5) is 5.69 Å². The predicted octanol–water partition coefficient (Wildman–Crippen LogP) is 0.135. The number of hydrogen-bond donors (Lipinski definition) is 2. The van der Waals surface area contributed by atoms with E-state index in [9.17, 15) is 16.8 Å². The molecule has 1 rings (SSSR count). The molecule has 0 aliphatic heterocycles. The number of likely N-dealkylation sites (N-methyl/N-ethyl adjacent to an activating group) is 1. The first-order valence-electron chi connectivity index (χ1n) is 6.31. The zero-order valence-electron chi connectivity index (χ0n) is 12.2. The first-order chi connectivity index (χ1) is 9.68. The Morgan fingerprint density at radius 1 is 1.24 bits per heavy atom. The fourth-order valence-corrected chi connectivity index (χ4v) is 4.24. The van der Waals surface area contributed by atoms with E-state index in [-0.39, 0.29) is 29.5 Å². The molecule has 0 unspecified atom stereocenters. The Morgan fingerprint density at radius 2 is 1.86 bits per heavy atom. The smallest absolute Gasteiger partial charge is 0.245 e. The lowest BCUT2D eigenvalue weighted by Crippen LogP contribution is -2.33. The minimum absolute atomic E-state index is 0.0505. The third-order valence-electron chi connectivity index (χ3n) is 2.97.